The number of hydrogen-bond donors (Lipinski definition) is 0. The van der Waals surface area contributed by atoms with Crippen LogP contribution in [0, 0.1) is 6.92 Å². The van der Waals surface area contributed by atoms with E-state index < -0.39 is 12.7 Å². The predicted octanol–water partition coefficient (Wildman–Crippen LogP) is 5.87. The molecule has 2 aromatic heterocycles. The van der Waals surface area contributed by atoms with Gasteiger partial charge in [-0.3, -0.25) is 14.1 Å². The van der Waals surface area contributed by atoms with Crippen LogP contribution in [0.4, 0.5) is 13.2 Å². The molecule has 0 spiro atoms. The van der Waals surface area contributed by atoms with Crippen molar-refractivity contribution in [3.63, 3.8) is 0 Å². The van der Waals surface area contributed by atoms with Gasteiger partial charge in [0.15, 0.2) is 4.96 Å². The predicted molar refractivity (Wildman–Crippen MR) is 130 cm³/mol. The zero-order chi connectivity index (χ0) is 24.5. The molecule has 2 aromatic carbocycles. The van der Waals surface area contributed by atoms with Crippen LogP contribution in [0.2, 0.25) is 0 Å². The van der Waals surface area contributed by atoms with Crippen LogP contribution in [0.3, 0.4) is 0 Å². The van der Waals surface area contributed by atoms with Gasteiger partial charge in [-0.2, -0.15) is 13.2 Å². The normalized spacial score (nSPS) is 12.2. The molecule has 1 amide bonds. The Morgan fingerprint density at radius 2 is 1.94 bits per heavy atom. The fourth-order valence-electron chi connectivity index (χ4n) is 4.03. The number of alkyl halides is 3. The van der Waals surface area contributed by atoms with Crippen molar-refractivity contribution in [2.24, 2.45) is 0 Å². The summed E-state index contributed by atoms with van der Waals surface area (Å²) in [5, 5.41) is 0. The smallest absolute Gasteiger partial charge is 0.342 e. The Balaban J connectivity index is 1.45. The van der Waals surface area contributed by atoms with Crippen LogP contribution in [-0.4, -0.2) is 64.5 Å². The lowest BCUT2D eigenvalue weighted by atomic mass is 10.1. The molecule has 0 unspecified atom stereocenters. The molecule has 4 rings (SSSR count). The number of fused-ring (bicyclic) bond motifs is 3. The summed E-state index contributed by atoms with van der Waals surface area (Å²) in [5.41, 5.74) is 4.68. The van der Waals surface area contributed by atoms with Crippen molar-refractivity contribution in [1.82, 2.24) is 19.2 Å². The maximum atomic E-state index is 12.9. The Labute approximate surface area is 200 Å². The average molecular weight is 489 g/mol. The monoisotopic (exact) mass is 488 g/mol. The molecule has 34 heavy (non-hydrogen) atoms. The highest BCUT2D eigenvalue weighted by molar-refractivity contribution is 7.23. The molecule has 4 aromatic rings. The second-order valence-electron chi connectivity index (χ2n) is 8.50. The molecule has 0 aliphatic rings. The summed E-state index contributed by atoms with van der Waals surface area (Å²) in [6, 6.07) is 13.8. The van der Waals surface area contributed by atoms with Crippen LogP contribution < -0.4 is 0 Å². The van der Waals surface area contributed by atoms with E-state index in [1.165, 1.54) is 21.8 Å². The highest BCUT2D eigenvalue weighted by Gasteiger charge is 2.29. The van der Waals surface area contributed by atoms with Gasteiger partial charge in [0.1, 0.15) is 0 Å². The maximum Gasteiger partial charge on any atom is 0.401 e. The van der Waals surface area contributed by atoms with Crippen molar-refractivity contribution in [2.45, 2.75) is 26.4 Å². The second-order valence-corrected chi connectivity index (χ2v) is 9.51. The van der Waals surface area contributed by atoms with Crippen molar-refractivity contribution in [3.05, 3.63) is 59.8 Å². The number of nitrogens with zero attached hydrogens (tertiary/aromatic N) is 4. The summed E-state index contributed by atoms with van der Waals surface area (Å²) in [6.45, 7) is 3.83. The number of hydrogen-bond acceptors (Lipinski definition) is 4. The first kappa shape index (κ1) is 24.2. The Hall–Kier alpha value is -2.91. The Morgan fingerprint density at radius 1 is 1.15 bits per heavy atom. The Kier molecular flexibility index (Phi) is 6.95. The molecule has 0 radical (unpaired) electrons. The van der Waals surface area contributed by atoms with Gasteiger partial charge in [0.25, 0.3) is 5.91 Å². The molecule has 180 valence electrons. The number of aromatic nitrogens is 2. The van der Waals surface area contributed by atoms with Crippen molar-refractivity contribution in [2.75, 3.05) is 33.2 Å². The van der Waals surface area contributed by atoms with Crippen molar-refractivity contribution >= 4 is 32.4 Å². The van der Waals surface area contributed by atoms with Crippen LogP contribution in [0.1, 0.15) is 29.3 Å². The fraction of sp³-hybridized carbons (Fsp3) is 0.360. The van der Waals surface area contributed by atoms with Gasteiger partial charge in [0.05, 0.1) is 22.5 Å². The van der Waals surface area contributed by atoms with Gasteiger partial charge in [0, 0.05) is 37.5 Å². The van der Waals surface area contributed by atoms with E-state index in [2.05, 4.69) is 19.1 Å². The highest BCUT2D eigenvalue weighted by Crippen LogP contribution is 2.30. The van der Waals surface area contributed by atoms with Gasteiger partial charge in [-0.1, -0.05) is 42.0 Å². The van der Waals surface area contributed by atoms with E-state index in [9.17, 15) is 18.0 Å². The fourth-order valence-corrected chi connectivity index (χ4v) is 5.08. The summed E-state index contributed by atoms with van der Waals surface area (Å²) in [6.07, 6.45) is -1.73. The van der Waals surface area contributed by atoms with Gasteiger partial charge in [-0.25, -0.2) is 4.98 Å². The van der Waals surface area contributed by atoms with Crippen LogP contribution in [0.15, 0.2) is 48.7 Å². The number of benzene rings is 2. The van der Waals surface area contributed by atoms with Crippen molar-refractivity contribution in [1.29, 1.82) is 0 Å². The number of imidazole rings is 1. The third-order valence-corrected chi connectivity index (χ3v) is 6.84. The molecule has 5 nitrogen and oxygen atoms in total. The molecule has 0 aliphatic carbocycles. The van der Waals surface area contributed by atoms with Gasteiger partial charge in [0.2, 0.25) is 0 Å². The summed E-state index contributed by atoms with van der Waals surface area (Å²) in [7, 11) is 1.68. The largest absolute Gasteiger partial charge is 0.401 e. The average Bonchev–Trinajstić information content (AvgIpc) is 3.34. The number of carbonyl (C=O) groups is 1. The van der Waals surface area contributed by atoms with Gasteiger partial charge < -0.3 is 4.90 Å². The first-order chi connectivity index (χ1) is 16.1. The molecule has 0 bridgehead atoms. The van der Waals surface area contributed by atoms with Crippen LogP contribution >= 0.6 is 11.3 Å². The topological polar surface area (TPSA) is 40.8 Å². The van der Waals surface area contributed by atoms with Crippen molar-refractivity contribution in [3.8, 4) is 11.3 Å². The number of rotatable bonds is 8. The molecule has 0 N–H and O–H groups in total. The molecule has 0 aliphatic heterocycles. The van der Waals surface area contributed by atoms with E-state index in [1.807, 2.05) is 34.9 Å². The van der Waals surface area contributed by atoms with E-state index in [-0.39, 0.29) is 12.5 Å². The lowest BCUT2D eigenvalue weighted by Crippen LogP contribution is -2.36. The standard InChI is InChI=1S/C25H27F3N4OS/c1-4-31(16-25(26,27)28)12-6-11-30(3)23(33)19-9-10-21-22(14-19)34-24-29-20(15-32(21)24)18-8-5-7-17(2)13-18/h5,7-10,13-15H,4,6,11-12,16H2,1-3H3. The molecule has 0 saturated heterocycles. The lowest BCUT2D eigenvalue weighted by molar-refractivity contribution is -0.145. The summed E-state index contributed by atoms with van der Waals surface area (Å²) < 4.78 is 40.9. The van der Waals surface area contributed by atoms with Crippen LogP contribution in [-0.2, 0) is 0 Å². The number of halogens is 3. The van der Waals surface area contributed by atoms with Crippen LogP contribution in [0.25, 0.3) is 26.4 Å². The molecular weight excluding hydrogens is 461 g/mol. The van der Waals surface area contributed by atoms with E-state index in [0.717, 1.165) is 26.4 Å². The minimum Gasteiger partial charge on any atom is -0.342 e. The summed E-state index contributed by atoms with van der Waals surface area (Å²) in [5.74, 6) is -0.146. The maximum absolute atomic E-state index is 12.9. The number of aryl methyl sites for hydroxylation is 1. The van der Waals surface area contributed by atoms with Crippen LogP contribution in [0.5, 0.6) is 0 Å². The SMILES string of the molecule is CCN(CCCN(C)C(=O)c1ccc2c(c1)sc1nc(-c3cccc(C)c3)cn12)CC(F)(F)F. The van der Waals surface area contributed by atoms with Gasteiger partial charge >= 0.3 is 6.18 Å². The number of carbonyl (C=O) groups excluding carboxylic acids is 1. The van der Waals surface area contributed by atoms with Crippen molar-refractivity contribution < 1.29 is 18.0 Å². The minimum absolute atomic E-state index is 0.146. The van der Waals surface area contributed by atoms with E-state index in [0.29, 0.717) is 25.1 Å². The first-order valence-corrected chi connectivity index (χ1v) is 12.0. The van der Waals surface area contributed by atoms with E-state index in [1.54, 1.807) is 24.9 Å². The summed E-state index contributed by atoms with van der Waals surface area (Å²) in [4.78, 5) is 21.4. The Morgan fingerprint density at radius 3 is 2.65 bits per heavy atom. The summed E-state index contributed by atoms with van der Waals surface area (Å²) >= 11 is 1.52. The molecule has 0 saturated carbocycles. The quantitative estimate of drug-likeness (QED) is 0.311. The highest BCUT2D eigenvalue weighted by atomic mass is 32.1. The second kappa shape index (κ2) is 9.76. The molecular formula is C25H27F3N4OS. The van der Waals surface area contributed by atoms with Gasteiger partial charge in [-0.15, -0.1) is 0 Å². The third-order valence-electron chi connectivity index (χ3n) is 5.82. The van der Waals surface area contributed by atoms with E-state index in [4.69, 9.17) is 4.98 Å². The van der Waals surface area contributed by atoms with Gasteiger partial charge in [-0.05, 0) is 44.2 Å². The first-order valence-electron chi connectivity index (χ1n) is 11.2. The van der Waals surface area contributed by atoms with E-state index >= 15 is 0 Å². The molecule has 0 fully saturated rings. The lowest BCUT2D eigenvalue weighted by Gasteiger charge is -2.23. The third kappa shape index (κ3) is 5.42. The molecule has 0 atom stereocenters. The minimum atomic E-state index is -4.21. The molecule has 9 heteroatoms. The zero-order valence-electron chi connectivity index (χ0n) is 19.4. The zero-order valence-corrected chi connectivity index (χ0v) is 20.2. The number of amides is 1. The number of thiazole rings is 1. The Bertz CT molecular complexity index is 1310. The molecule has 2 heterocycles.